The van der Waals surface area contributed by atoms with E-state index in [9.17, 15) is 9.59 Å². The summed E-state index contributed by atoms with van der Waals surface area (Å²) in [5.41, 5.74) is 0. The first-order chi connectivity index (χ1) is 7.58. The highest BCUT2D eigenvalue weighted by Crippen LogP contribution is 2.35. The van der Waals surface area contributed by atoms with E-state index in [1.807, 2.05) is 0 Å². The molecule has 0 saturated heterocycles. The second-order valence-corrected chi connectivity index (χ2v) is 4.54. The normalized spacial score (nSPS) is 29.1. The van der Waals surface area contributed by atoms with Crippen LogP contribution < -0.4 is 5.32 Å². The van der Waals surface area contributed by atoms with Crippen LogP contribution in [0.4, 0.5) is 0 Å². The lowest BCUT2D eigenvalue weighted by Crippen LogP contribution is -2.31. The fourth-order valence-corrected chi connectivity index (χ4v) is 2.63. The van der Waals surface area contributed by atoms with Gasteiger partial charge in [-0.3, -0.25) is 9.59 Å². The van der Waals surface area contributed by atoms with Crippen molar-refractivity contribution in [3.8, 4) is 0 Å². The highest BCUT2D eigenvalue weighted by molar-refractivity contribution is 5.83. The number of carbonyl (C=O) groups excluding carboxylic acids is 2. The lowest BCUT2D eigenvalue weighted by molar-refractivity contribution is -0.128. The van der Waals surface area contributed by atoms with Gasteiger partial charge in [0.2, 0.25) is 5.91 Å². The summed E-state index contributed by atoms with van der Waals surface area (Å²) in [5.74, 6) is 0.600. The lowest BCUT2D eigenvalue weighted by Gasteiger charge is -2.15. The first kappa shape index (κ1) is 13.2. The molecule has 4 heteroatoms. The molecular weight excluding hydrogens is 206 g/mol. The van der Waals surface area contributed by atoms with Crippen LogP contribution in [0.25, 0.3) is 0 Å². The van der Waals surface area contributed by atoms with Crippen LogP contribution in [0.5, 0.6) is 0 Å². The number of methoxy groups -OCH3 is 1. The Kier molecular flexibility index (Phi) is 4.93. The summed E-state index contributed by atoms with van der Waals surface area (Å²) in [6.07, 6.45) is 2.66. The second kappa shape index (κ2) is 5.99. The molecule has 1 rings (SSSR count). The first-order valence-electron chi connectivity index (χ1n) is 5.87. The Labute approximate surface area is 96.7 Å². The van der Waals surface area contributed by atoms with Crippen molar-refractivity contribution in [3.63, 3.8) is 0 Å². The number of hydrogen-bond donors (Lipinski definition) is 1. The Balaban J connectivity index is 2.56. The van der Waals surface area contributed by atoms with Crippen molar-refractivity contribution in [1.29, 1.82) is 0 Å². The molecular formula is C12H21NO3. The van der Waals surface area contributed by atoms with Crippen LogP contribution in [0.3, 0.4) is 0 Å². The summed E-state index contributed by atoms with van der Waals surface area (Å²) in [6.45, 7) is 3.80. The van der Waals surface area contributed by atoms with E-state index in [0.29, 0.717) is 5.92 Å². The summed E-state index contributed by atoms with van der Waals surface area (Å²) in [5, 5.41) is 2.90. The molecule has 16 heavy (non-hydrogen) atoms. The van der Waals surface area contributed by atoms with Gasteiger partial charge >= 0.3 is 0 Å². The molecule has 0 aromatic rings. The molecule has 0 heterocycles. The van der Waals surface area contributed by atoms with Crippen molar-refractivity contribution in [3.05, 3.63) is 0 Å². The Morgan fingerprint density at radius 3 is 2.56 bits per heavy atom. The molecule has 92 valence electrons. The fourth-order valence-electron chi connectivity index (χ4n) is 2.63. The Morgan fingerprint density at radius 1 is 1.38 bits per heavy atom. The zero-order valence-corrected chi connectivity index (χ0v) is 10.3. The molecule has 1 amide bonds. The molecule has 1 fully saturated rings. The third kappa shape index (κ3) is 3.30. The van der Waals surface area contributed by atoms with Crippen LogP contribution in [0.15, 0.2) is 0 Å². The van der Waals surface area contributed by atoms with E-state index in [-0.39, 0.29) is 30.3 Å². The zero-order valence-electron chi connectivity index (χ0n) is 10.3. The monoisotopic (exact) mass is 227 g/mol. The number of rotatable bonds is 5. The zero-order chi connectivity index (χ0) is 12.1. The predicted molar refractivity (Wildman–Crippen MR) is 61.0 cm³/mol. The molecule has 1 N–H and O–H groups in total. The van der Waals surface area contributed by atoms with E-state index < -0.39 is 0 Å². The lowest BCUT2D eigenvalue weighted by atomic mass is 9.90. The van der Waals surface area contributed by atoms with Gasteiger partial charge in [-0.25, -0.2) is 0 Å². The van der Waals surface area contributed by atoms with Crippen LogP contribution in [-0.4, -0.2) is 31.4 Å². The van der Waals surface area contributed by atoms with Crippen LogP contribution in [-0.2, 0) is 14.3 Å². The standard InChI is InChI=1S/C12H21NO3/c1-4-9-5-10(13-8(2)14)6-11(9)12(15)7-16-3/h9-11H,4-7H2,1-3H3,(H,13,14)/t9-,10+,11+/m1/s1. The maximum absolute atomic E-state index is 11.8. The molecule has 4 nitrogen and oxygen atoms in total. The molecule has 0 spiro atoms. The van der Waals surface area contributed by atoms with Gasteiger partial charge in [0.25, 0.3) is 0 Å². The average Bonchev–Trinajstić information content (AvgIpc) is 2.60. The highest BCUT2D eigenvalue weighted by atomic mass is 16.5. The van der Waals surface area contributed by atoms with E-state index in [0.717, 1.165) is 19.3 Å². The molecule has 3 atom stereocenters. The molecule has 1 aliphatic carbocycles. The molecule has 0 aromatic heterocycles. The molecule has 0 unspecified atom stereocenters. The van der Waals surface area contributed by atoms with Crippen LogP contribution in [0, 0.1) is 11.8 Å². The van der Waals surface area contributed by atoms with Gasteiger partial charge in [-0.1, -0.05) is 13.3 Å². The topological polar surface area (TPSA) is 55.4 Å². The summed E-state index contributed by atoms with van der Waals surface area (Å²) in [6, 6.07) is 0.160. The molecule has 0 radical (unpaired) electrons. The van der Waals surface area contributed by atoms with Crippen molar-refractivity contribution in [2.45, 2.75) is 39.2 Å². The van der Waals surface area contributed by atoms with Crippen LogP contribution in [0.2, 0.25) is 0 Å². The number of nitrogens with one attached hydrogen (secondary N) is 1. The van der Waals surface area contributed by atoms with Gasteiger partial charge in [0.15, 0.2) is 5.78 Å². The first-order valence-corrected chi connectivity index (χ1v) is 5.87. The van der Waals surface area contributed by atoms with Crippen molar-refractivity contribution in [2.75, 3.05) is 13.7 Å². The van der Waals surface area contributed by atoms with Gasteiger partial charge in [-0.2, -0.15) is 0 Å². The molecule has 0 aromatic carbocycles. The Morgan fingerprint density at radius 2 is 2.06 bits per heavy atom. The highest BCUT2D eigenvalue weighted by Gasteiger charge is 2.37. The molecule has 1 aliphatic rings. The number of amides is 1. The number of Topliss-reactive ketones (excluding diaryl/α,β-unsaturated/α-hetero) is 1. The van der Waals surface area contributed by atoms with Crippen LogP contribution >= 0.6 is 0 Å². The Bertz CT molecular complexity index is 265. The third-order valence-corrected chi connectivity index (χ3v) is 3.33. The third-order valence-electron chi connectivity index (χ3n) is 3.33. The minimum Gasteiger partial charge on any atom is -0.377 e. The van der Waals surface area contributed by atoms with Crippen molar-refractivity contribution in [1.82, 2.24) is 5.32 Å². The SMILES string of the molecule is CC[C@@H]1C[C@H](NC(C)=O)C[C@@H]1C(=O)COC. The minimum atomic E-state index is -0.0142. The average molecular weight is 227 g/mol. The molecule has 1 saturated carbocycles. The number of hydrogen-bond acceptors (Lipinski definition) is 3. The Hall–Kier alpha value is -0.900. The van der Waals surface area contributed by atoms with Crippen molar-refractivity contribution >= 4 is 11.7 Å². The van der Waals surface area contributed by atoms with E-state index in [1.165, 1.54) is 6.92 Å². The second-order valence-electron chi connectivity index (χ2n) is 4.54. The van der Waals surface area contributed by atoms with Crippen molar-refractivity contribution in [2.24, 2.45) is 11.8 Å². The molecule has 0 aliphatic heterocycles. The summed E-state index contributed by atoms with van der Waals surface area (Å²) in [7, 11) is 1.54. The number of carbonyl (C=O) groups is 2. The van der Waals surface area contributed by atoms with Gasteiger partial charge in [-0.05, 0) is 18.8 Å². The summed E-state index contributed by atoms with van der Waals surface area (Å²) in [4.78, 5) is 22.8. The van der Waals surface area contributed by atoms with E-state index >= 15 is 0 Å². The quantitative estimate of drug-likeness (QED) is 0.766. The number of ether oxygens (including phenoxy) is 1. The van der Waals surface area contributed by atoms with Gasteiger partial charge < -0.3 is 10.1 Å². The van der Waals surface area contributed by atoms with E-state index in [1.54, 1.807) is 7.11 Å². The van der Waals surface area contributed by atoms with Gasteiger partial charge in [0.1, 0.15) is 6.61 Å². The molecule has 0 bridgehead atoms. The maximum atomic E-state index is 11.8. The fraction of sp³-hybridized carbons (Fsp3) is 0.833. The predicted octanol–water partition coefficient (Wildman–Crippen LogP) is 1.14. The van der Waals surface area contributed by atoms with E-state index in [2.05, 4.69) is 12.2 Å². The maximum Gasteiger partial charge on any atom is 0.217 e. The largest absolute Gasteiger partial charge is 0.377 e. The summed E-state index contributed by atoms with van der Waals surface area (Å²) >= 11 is 0. The van der Waals surface area contributed by atoms with Crippen molar-refractivity contribution < 1.29 is 14.3 Å². The number of ketones is 1. The van der Waals surface area contributed by atoms with Gasteiger partial charge in [0, 0.05) is 26.0 Å². The summed E-state index contributed by atoms with van der Waals surface area (Å²) < 4.78 is 4.89. The minimum absolute atomic E-state index is 0.0142. The van der Waals surface area contributed by atoms with Crippen LogP contribution in [0.1, 0.15) is 33.1 Å². The van der Waals surface area contributed by atoms with Gasteiger partial charge in [-0.15, -0.1) is 0 Å². The van der Waals surface area contributed by atoms with Gasteiger partial charge in [0.05, 0.1) is 0 Å². The smallest absolute Gasteiger partial charge is 0.217 e. The van der Waals surface area contributed by atoms with E-state index in [4.69, 9.17) is 4.74 Å².